The Hall–Kier alpha value is -1.38. The Labute approximate surface area is 115 Å². The SMILES string of the molecule is O=C(Cl)C1(C(=O)Cl)CC=CC=C1c1ccccc1. The van der Waals surface area contributed by atoms with Gasteiger partial charge in [-0.25, -0.2) is 0 Å². The van der Waals surface area contributed by atoms with Crippen LogP contribution in [0.3, 0.4) is 0 Å². The fraction of sp³-hybridized carbons (Fsp3) is 0.143. The van der Waals surface area contributed by atoms with E-state index >= 15 is 0 Å². The summed E-state index contributed by atoms with van der Waals surface area (Å²) in [5.74, 6) is 0. The minimum Gasteiger partial charge on any atom is -0.280 e. The summed E-state index contributed by atoms with van der Waals surface area (Å²) >= 11 is 11.3. The van der Waals surface area contributed by atoms with Gasteiger partial charge in [0, 0.05) is 0 Å². The maximum atomic E-state index is 11.7. The van der Waals surface area contributed by atoms with Gasteiger partial charge in [-0.15, -0.1) is 0 Å². The molecule has 1 aromatic rings. The Morgan fingerprint density at radius 3 is 2.22 bits per heavy atom. The first-order chi connectivity index (χ1) is 8.59. The van der Waals surface area contributed by atoms with Crippen LogP contribution in [0.15, 0.2) is 48.6 Å². The van der Waals surface area contributed by atoms with Crippen molar-refractivity contribution in [2.24, 2.45) is 5.41 Å². The predicted octanol–water partition coefficient (Wildman–Crippen LogP) is 3.55. The highest BCUT2D eigenvalue weighted by atomic mass is 35.5. The van der Waals surface area contributed by atoms with Crippen LogP contribution in [0.2, 0.25) is 0 Å². The lowest BCUT2D eigenvalue weighted by Gasteiger charge is -2.30. The van der Waals surface area contributed by atoms with Crippen LogP contribution in [-0.4, -0.2) is 10.5 Å². The van der Waals surface area contributed by atoms with E-state index in [0.29, 0.717) is 5.57 Å². The van der Waals surface area contributed by atoms with Crippen LogP contribution in [0.1, 0.15) is 12.0 Å². The molecule has 2 nitrogen and oxygen atoms in total. The smallest absolute Gasteiger partial charge is 0.241 e. The van der Waals surface area contributed by atoms with E-state index in [1.54, 1.807) is 18.2 Å². The van der Waals surface area contributed by atoms with Crippen molar-refractivity contribution in [2.75, 3.05) is 0 Å². The molecule has 1 aromatic carbocycles. The first-order valence-electron chi connectivity index (χ1n) is 5.41. The summed E-state index contributed by atoms with van der Waals surface area (Å²) in [5.41, 5.74) is -0.158. The van der Waals surface area contributed by atoms with Gasteiger partial charge in [-0.05, 0) is 40.8 Å². The highest BCUT2D eigenvalue weighted by Gasteiger charge is 2.47. The van der Waals surface area contributed by atoms with Crippen molar-refractivity contribution in [1.29, 1.82) is 0 Å². The van der Waals surface area contributed by atoms with Crippen LogP contribution in [0.25, 0.3) is 5.57 Å². The largest absolute Gasteiger partial charge is 0.280 e. The Morgan fingerprint density at radius 1 is 1.06 bits per heavy atom. The van der Waals surface area contributed by atoms with E-state index in [-0.39, 0.29) is 6.42 Å². The highest BCUT2D eigenvalue weighted by Crippen LogP contribution is 2.44. The van der Waals surface area contributed by atoms with Gasteiger partial charge in [-0.2, -0.15) is 0 Å². The van der Waals surface area contributed by atoms with Gasteiger partial charge in [-0.1, -0.05) is 48.6 Å². The summed E-state index contributed by atoms with van der Waals surface area (Å²) in [6, 6.07) is 9.15. The molecule has 0 unspecified atom stereocenters. The molecule has 0 atom stereocenters. The van der Waals surface area contributed by atoms with Crippen LogP contribution in [-0.2, 0) is 9.59 Å². The topological polar surface area (TPSA) is 34.1 Å². The molecule has 0 amide bonds. The standard InChI is InChI=1S/C14H10Cl2O2/c15-12(17)14(13(16)18)9-5-4-8-11(14)10-6-2-1-3-7-10/h1-8H,9H2. The molecule has 0 N–H and O–H groups in total. The third-order valence-electron chi connectivity index (χ3n) is 3.04. The molecule has 92 valence electrons. The number of hydrogen-bond donors (Lipinski definition) is 0. The summed E-state index contributed by atoms with van der Waals surface area (Å²) in [6.45, 7) is 0. The molecule has 2 rings (SSSR count). The van der Waals surface area contributed by atoms with Crippen LogP contribution in [0.4, 0.5) is 0 Å². The average Bonchev–Trinajstić information content (AvgIpc) is 2.39. The third-order valence-corrected chi connectivity index (χ3v) is 3.68. The molecule has 4 heteroatoms. The van der Waals surface area contributed by atoms with E-state index in [1.165, 1.54) is 0 Å². The molecular weight excluding hydrogens is 271 g/mol. The number of halogens is 2. The first-order valence-corrected chi connectivity index (χ1v) is 6.17. The third kappa shape index (κ3) is 2.02. The fourth-order valence-corrected chi connectivity index (χ4v) is 2.65. The Kier molecular flexibility index (Phi) is 3.69. The zero-order valence-electron chi connectivity index (χ0n) is 9.40. The van der Waals surface area contributed by atoms with Crippen molar-refractivity contribution >= 4 is 39.3 Å². The maximum absolute atomic E-state index is 11.7. The zero-order chi connectivity index (χ0) is 13.2. The van der Waals surface area contributed by atoms with Crippen LogP contribution < -0.4 is 0 Å². The number of rotatable bonds is 3. The maximum Gasteiger partial charge on any atom is 0.241 e. The normalized spacial score (nSPS) is 17.1. The second kappa shape index (κ2) is 5.09. The van der Waals surface area contributed by atoms with Crippen molar-refractivity contribution < 1.29 is 9.59 Å². The van der Waals surface area contributed by atoms with Crippen molar-refractivity contribution in [3.05, 3.63) is 54.1 Å². The first kappa shape index (κ1) is 13.1. The number of carbonyl (C=O) groups is 2. The molecule has 1 aliphatic rings. The van der Waals surface area contributed by atoms with Gasteiger partial charge in [-0.3, -0.25) is 9.59 Å². The minimum atomic E-state index is -1.47. The molecule has 0 fully saturated rings. The monoisotopic (exact) mass is 280 g/mol. The summed E-state index contributed by atoms with van der Waals surface area (Å²) < 4.78 is 0. The van der Waals surface area contributed by atoms with E-state index in [4.69, 9.17) is 23.2 Å². The summed E-state index contributed by atoms with van der Waals surface area (Å²) in [7, 11) is 0. The van der Waals surface area contributed by atoms with Gasteiger partial charge < -0.3 is 0 Å². The van der Waals surface area contributed by atoms with Crippen LogP contribution in [0, 0.1) is 5.41 Å². The molecule has 0 radical (unpaired) electrons. The number of hydrogen-bond acceptors (Lipinski definition) is 2. The molecule has 0 spiro atoms. The molecule has 1 aliphatic carbocycles. The number of allylic oxidation sites excluding steroid dienone is 4. The fourth-order valence-electron chi connectivity index (χ4n) is 2.07. The summed E-state index contributed by atoms with van der Waals surface area (Å²) in [4.78, 5) is 23.5. The second-order valence-electron chi connectivity index (χ2n) is 4.03. The Bertz CT molecular complexity index is 530. The molecule has 0 aliphatic heterocycles. The van der Waals surface area contributed by atoms with E-state index in [2.05, 4.69) is 0 Å². The predicted molar refractivity (Wildman–Crippen MR) is 72.3 cm³/mol. The number of benzene rings is 1. The van der Waals surface area contributed by atoms with Crippen molar-refractivity contribution in [2.45, 2.75) is 6.42 Å². The van der Waals surface area contributed by atoms with E-state index in [0.717, 1.165) is 5.56 Å². The zero-order valence-corrected chi connectivity index (χ0v) is 10.9. The molecule has 0 bridgehead atoms. The molecule has 0 saturated heterocycles. The lowest BCUT2D eigenvalue weighted by Crippen LogP contribution is -2.36. The molecule has 0 saturated carbocycles. The summed E-state index contributed by atoms with van der Waals surface area (Å²) in [5, 5.41) is -1.50. The van der Waals surface area contributed by atoms with Gasteiger partial charge in [0.05, 0.1) is 0 Å². The Morgan fingerprint density at radius 2 is 1.67 bits per heavy atom. The molecule has 0 aromatic heterocycles. The van der Waals surface area contributed by atoms with Crippen molar-refractivity contribution in [3.63, 3.8) is 0 Å². The molecule has 0 heterocycles. The van der Waals surface area contributed by atoms with Gasteiger partial charge in [0.15, 0.2) is 0 Å². The van der Waals surface area contributed by atoms with Gasteiger partial charge in [0.2, 0.25) is 10.5 Å². The lowest BCUT2D eigenvalue weighted by atomic mass is 9.74. The lowest BCUT2D eigenvalue weighted by molar-refractivity contribution is -0.127. The van der Waals surface area contributed by atoms with Crippen LogP contribution >= 0.6 is 23.2 Å². The highest BCUT2D eigenvalue weighted by molar-refractivity contribution is 6.76. The van der Waals surface area contributed by atoms with E-state index in [9.17, 15) is 9.59 Å². The average molecular weight is 281 g/mol. The number of carbonyl (C=O) groups excluding carboxylic acids is 2. The van der Waals surface area contributed by atoms with Gasteiger partial charge >= 0.3 is 0 Å². The van der Waals surface area contributed by atoms with E-state index < -0.39 is 15.9 Å². The quantitative estimate of drug-likeness (QED) is 0.627. The second-order valence-corrected chi connectivity index (χ2v) is 4.72. The minimum absolute atomic E-state index is 0.193. The van der Waals surface area contributed by atoms with Gasteiger partial charge in [0.25, 0.3) is 0 Å². The van der Waals surface area contributed by atoms with Crippen LogP contribution in [0.5, 0.6) is 0 Å². The summed E-state index contributed by atoms with van der Waals surface area (Å²) in [6.07, 6.45) is 5.41. The van der Waals surface area contributed by atoms with E-state index in [1.807, 2.05) is 30.3 Å². The van der Waals surface area contributed by atoms with Crippen molar-refractivity contribution in [3.8, 4) is 0 Å². The van der Waals surface area contributed by atoms with Gasteiger partial charge in [0.1, 0.15) is 5.41 Å². The Balaban J connectivity index is 2.61. The molecular formula is C14H10Cl2O2. The molecule has 18 heavy (non-hydrogen) atoms. The van der Waals surface area contributed by atoms with Crippen molar-refractivity contribution in [1.82, 2.24) is 0 Å².